The van der Waals surface area contributed by atoms with Crippen LogP contribution in [0.25, 0.3) is 0 Å². The van der Waals surface area contributed by atoms with Crippen LogP contribution in [0.2, 0.25) is 0 Å². The van der Waals surface area contributed by atoms with Crippen molar-refractivity contribution in [3.8, 4) is 0 Å². The molecule has 0 aromatic heterocycles. The number of para-hydroxylation sites is 1. The average Bonchev–Trinajstić information content (AvgIpc) is 2.88. The van der Waals surface area contributed by atoms with Crippen molar-refractivity contribution in [1.29, 1.82) is 0 Å². The smallest absolute Gasteiger partial charge is 0.256 e. The van der Waals surface area contributed by atoms with E-state index in [9.17, 15) is 9.59 Å². The number of anilines is 1. The highest BCUT2D eigenvalue weighted by Gasteiger charge is 2.34. The van der Waals surface area contributed by atoms with Gasteiger partial charge in [0.15, 0.2) is 0 Å². The zero-order valence-electron chi connectivity index (χ0n) is 13.6. The summed E-state index contributed by atoms with van der Waals surface area (Å²) in [5, 5.41) is 5.85. The van der Waals surface area contributed by atoms with Crippen molar-refractivity contribution < 1.29 is 9.59 Å². The first-order valence-corrected chi connectivity index (χ1v) is 8.38. The molecule has 1 fully saturated rings. The summed E-state index contributed by atoms with van der Waals surface area (Å²) in [5.41, 5.74) is 1.58. The normalized spacial score (nSPS) is 21.5. The highest BCUT2D eigenvalue weighted by molar-refractivity contribution is 6.14. The Kier molecular flexibility index (Phi) is 4.74. The first-order chi connectivity index (χ1) is 11.2. The molecule has 2 aliphatic rings. The quantitative estimate of drug-likeness (QED) is 0.858. The standard InChI is InChI=1S/C18H23N3O2/c1-14-16(10-11-17(22)20-12-6-3-7-13-20)18(23)21(19-14)15-8-4-2-5-9-15/h2,4-5,8-9,16H,3,6-7,10-13H2,1H3/t16-/m0/s1. The summed E-state index contributed by atoms with van der Waals surface area (Å²) in [5.74, 6) is -0.132. The first-order valence-electron chi connectivity index (χ1n) is 8.38. The molecule has 0 unspecified atom stereocenters. The van der Waals surface area contributed by atoms with E-state index in [2.05, 4.69) is 5.10 Å². The van der Waals surface area contributed by atoms with Crippen LogP contribution in [0.4, 0.5) is 5.69 Å². The second-order valence-corrected chi connectivity index (χ2v) is 6.26. The van der Waals surface area contributed by atoms with Crippen LogP contribution in [-0.4, -0.2) is 35.5 Å². The van der Waals surface area contributed by atoms with Crippen LogP contribution in [0, 0.1) is 5.92 Å². The highest BCUT2D eigenvalue weighted by atomic mass is 16.2. The molecule has 3 rings (SSSR count). The predicted molar refractivity (Wildman–Crippen MR) is 90.2 cm³/mol. The summed E-state index contributed by atoms with van der Waals surface area (Å²) in [6.07, 6.45) is 4.37. The molecule has 23 heavy (non-hydrogen) atoms. The Morgan fingerprint density at radius 2 is 1.87 bits per heavy atom. The van der Waals surface area contributed by atoms with Crippen LogP contribution in [0.5, 0.6) is 0 Å². The molecule has 5 nitrogen and oxygen atoms in total. The molecular weight excluding hydrogens is 290 g/mol. The minimum atomic E-state index is -0.274. The van der Waals surface area contributed by atoms with Gasteiger partial charge in [0.1, 0.15) is 0 Å². The number of carbonyl (C=O) groups excluding carboxylic acids is 2. The molecule has 0 aliphatic carbocycles. The van der Waals surface area contributed by atoms with Crippen LogP contribution >= 0.6 is 0 Å². The molecule has 2 heterocycles. The van der Waals surface area contributed by atoms with Crippen molar-refractivity contribution in [3.63, 3.8) is 0 Å². The molecule has 122 valence electrons. The Morgan fingerprint density at radius 1 is 1.17 bits per heavy atom. The maximum atomic E-state index is 12.6. The maximum Gasteiger partial charge on any atom is 0.256 e. The molecule has 1 saturated heterocycles. The number of hydrogen-bond donors (Lipinski definition) is 0. The van der Waals surface area contributed by atoms with Crippen LogP contribution in [0.1, 0.15) is 39.0 Å². The van der Waals surface area contributed by atoms with E-state index in [1.54, 1.807) is 0 Å². The van der Waals surface area contributed by atoms with Crippen LogP contribution in [-0.2, 0) is 9.59 Å². The number of hydrogen-bond acceptors (Lipinski definition) is 3. The SMILES string of the molecule is CC1=NN(c2ccccc2)C(=O)[C@H]1CCC(=O)N1CCCCC1. The van der Waals surface area contributed by atoms with Crippen molar-refractivity contribution in [2.45, 2.75) is 39.0 Å². The van der Waals surface area contributed by atoms with Gasteiger partial charge in [-0.3, -0.25) is 9.59 Å². The number of amides is 2. The Hall–Kier alpha value is -2.17. The summed E-state index contributed by atoms with van der Waals surface area (Å²) in [6.45, 7) is 3.60. The van der Waals surface area contributed by atoms with Gasteiger partial charge in [0.05, 0.1) is 11.6 Å². The predicted octanol–water partition coefficient (Wildman–Crippen LogP) is 2.82. The summed E-state index contributed by atoms with van der Waals surface area (Å²) >= 11 is 0. The second-order valence-electron chi connectivity index (χ2n) is 6.26. The lowest BCUT2D eigenvalue weighted by molar-refractivity contribution is -0.132. The number of benzene rings is 1. The summed E-state index contributed by atoms with van der Waals surface area (Å²) < 4.78 is 0. The summed E-state index contributed by atoms with van der Waals surface area (Å²) in [4.78, 5) is 26.8. The fourth-order valence-electron chi connectivity index (χ4n) is 3.26. The van der Waals surface area contributed by atoms with Gasteiger partial charge in [-0.05, 0) is 44.7 Å². The molecule has 0 bridgehead atoms. The topological polar surface area (TPSA) is 53.0 Å². The van der Waals surface area contributed by atoms with Gasteiger partial charge in [-0.1, -0.05) is 18.2 Å². The maximum absolute atomic E-state index is 12.6. The lowest BCUT2D eigenvalue weighted by Crippen LogP contribution is -2.36. The van der Waals surface area contributed by atoms with E-state index < -0.39 is 0 Å². The number of likely N-dealkylation sites (tertiary alicyclic amines) is 1. The Labute approximate surface area is 137 Å². The number of nitrogens with zero attached hydrogens (tertiary/aromatic N) is 3. The molecule has 5 heteroatoms. The van der Waals surface area contributed by atoms with E-state index in [0.29, 0.717) is 12.8 Å². The molecule has 1 atom stereocenters. The van der Waals surface area contributed by atoms with Gasteiger partial charge in [-0.15, -0.1) is 0 Å². The third-order valence-electron chi connectivity index (χ3n) is 4.63. The second kappa shape index (κ2) is 6.94. The van der Waals surface area contributed by atoms with Gasteiger partial charge < -0.3 is 4.90 Å². The molecule has 1 aromatic rings. The number of carbonyl (C=O) groups is 2. The molecule has 0 spiro atoms. The zero-order chi connectivity index (χ0) is 16.2. The van der Waals surface area contributed by atoms with Gasteiger partial charge in [0.25, 0.3) is 5.91 Å². The highest BCUT2D eigenvalue weighted by Crippen LogP contribution is 2.26. The largest absolute Gasteiger partial charge is 0.343 e. The van der Waals surface area contributed by atoms with Gasteiger partial charge in [0, 0.05) is 25.2 Å². The monoisotopic (exact) mass is 313 g/mol. The van der Waals surface area contributed by atoms with Crippen LogP contribution in [0.15, 0.2) is 35.4 Å². The van der Waals surface area contributed by atoms with E-state index in [1.165, 1.54) is 11.4 Å². The molecule has 2 amide bonds. The van der Waals surface area contributed by atoms with E-state index in [0.717, 1.165) is 37.3 Å². The lowest BCUT2D eigenvalue weighted by Gasteiger charge is -2.27. The zero-order valence-corrected chi connectivity index (χ0v) is 13.6. The van der Waals surface area contributed by atoms with E-state index in [1.807, 2.05) is 42.2 Å². The van der Waals surface area contributed by atoms with Gasteiger partial charge in [-0.2, -0.15) is 5.10 Å². The van der Waals surface area contributed by atoms with E-state index >= 15 is 0 Å². The van der Waals surface area contributed by atoms with Gasteiger partial charge >= 0.3 is 0 Å². The van der Waals surface area contributed by atoms with Crippen molar-refractivity contribution >= 4 is 23.2 Å². The van der Waals surface area contributed by atoms with E-state index in [-0.39, 0.29) is 17.7 Å². The number of piperidine rings is 1. The molecule has 0 radical (unpaired) electrons. The number of rotatable bonds is 4. The van der Waals surface area contributed by atoms with Crippen molar-refractivity contribution in [2.75, 3.05) is 18.1 Å². The minimum Gasteiger partial charge on any atom is -0.343 e. The molecular formula is C18H23N3O2. The van der Waals surface area contributed by atoms with Crippen molar-refractivity contribution in [2.24, 2.45) is 11.0 Å². The first kappa shape index (κ1) is 15.7. The Bertz CT molecular complexity index is 606. The third-order valence-corrected chi connectivity index (χ3v) is 4.63. The van der Waals surface area contributed by atoms with E-state index in [4.69, 9.17) is 0 Å². The fourth-order valence-corrected chi connectivity index (χ4v) is 3.26. The molecule has 1 aromatic carbocycles. The summed E-state index contributed by atoms with van der Waals surface area (Å²) in [7, 11) is 0. The molecule has 0 N–H and O–H groups in total. The van der Waals surface area contributed by atoms with Crippen LogP contribution < -0.4 is 5.01 Å². The van der Waals surface area contributed by atoms with Gasteiger partial charge in [-0.25, -0.2) is 5.01 Å². The van der Waals surface area contributed by atoms with Crippen molar-refractivity contribution in [3.05, 3.63) is 30.3 Å². The minimum absolute atomic E-state index is 0.0276. The number of hydrazone groups is 1. The van der Waals surface area contributed by atoms with Crippen molar-refractivity contribution in [1.82, 2.24) is 4.90 Å². The molecule has 2 aliphatic heterocycles. The average molecular weight is 313 g/mol. The lowest BCUT2D eigenvalue weighted by atomic mass is 9.97. The van der Waals surface area contributed by atoms with Crippen LogP contribution in [0.3, 0.4) is 0 Å². The molecule has 0 saturated carbocycles. The van der Waals surface area contributed by atoms with Gasteiger partial charge in [0.2, 0.25) is 5.91 Å². The Balaban J connectivity index is 1.59. The Morgan fingerprint density at radius 3 is 2.57 bits per heavy atom. The fraction of sp³-hybridized carbons (Fsp3) is 0.500. The summed E-state index contributed by atoms with van der Waals surface area (Å²) in [6, 6.07) is 9.43. The third kappa shape index (κ3) is 3.44.